The highest BCUT2D eigenvalue weighted by atomic mass is 32.2. The minimum atomic E-state index is -1.25. The Bertz CT molecular complexity index is 3170. The van der Waals surface area contributed by atoms with Gasteiger partial charge in [0.2, 0.25) is 0 Å². The summed E-state index contributed by atoms with van der Waals surface area (Å²) >= 11 is 6.06. The largest absolute Gasteiger partial charge is 0.368 e. The first kappa shape index (κ1) is 138. The fourth-order valence-electron chi connectivity index (χ4n) is 19.4. The van der Waals surface area contributed by atoms with Gasteiger partial charge in [-0.1, -0.05) is 116 Å². The third-order valence-corrected chi connectivity index (χ3v) is 32.3. The molecule has 34 heteroatoms. The number of nitrogens with one attached hydrogen (secondary N) is 9. The van der Waals surface area contributed by atoms with Crippen molar-refractivity contribution in [3.8, 4) is 0 Å². The van der Waals surface area contributed by atoms with E-state index in [-0.39, 0.29) is 5.78 Å². The van der Waals surface area contributed by atoms with Crippen LogP contribution in [-0.4, -0.2) is 265 Å². The van der Waals surface area contributed by atoms with Gasteiger partial charge in [0, 0.05) is 198 Å². The molecule has 0 aromatic rings. The highest BCUT2D eigenvalue weighted by Gasteiger charge is 2.45. The minimum Gasteiger partial charge on any atom is -0.368 e. The van der Waals surface area contributed by atoms with Crippen LogP contribution in [0.3, 0.4) is 0 Å². The monoisotopic (exact) mass is 2100 g/mol. The van der Waals surface area contributed by atoms with Crippen molar-refractivity contribution in [1.29, 1.82) is 0 Å². The molecular formula is C110H203N9O22S3. The Labute approximate surface area is 880 Å². The molecular weight excluding hydrogens is 1900 g/mol. The molecule has 144 heavy (non-hydrogen) atoms. The molecule has 6 rings (SSSR count). The first-order valence-electron chi connectivity index (χ1n) is 56.5. The van der Waals surface area contributed by atoms with Gasteiger partial charge in [0.15, 0.2) is 25.3 Å². The second kappa shape index (κ2) is 99.7. The number of hydrogen-bond donors (Lipinski definition) is 14. The van der Waals surface area contributed by atoms with Crippen LogP contribution in [0.25, 0.3) is 0 Å². The van der Waals surface area contributed by atoms with Crippen molar-refractivity contribution in [2.45, 2.75) is 533 Å². The molecule has 0 aromatic heterocycles. The van der Waals surface area contributed by atoms with E-state index in [2.05, 4.69) is 57.6 Å². The normalized spacial score (nSPS) is 20.0. The lowest BCUT2D eigenvalue weighted by molar-refractivity contribution is -0.272. The van der Waals surface area contributed by atoms with Gasteiger partial charge in [0.1, 0.15) is 78.2 Å². The Morgan fingerprint density at radius 1 is 0.250 bits per heavy atom. The summed E-state index contributed by atoms with van der Waals surface area (Å²) in [5.74, 6) is 6.47. The van der Waals surface area contributed by atoms with Crippen LogP contribution >= 0.6 is 35.3 Å². The third-order valence-electron chi connectivity index (χ3n) is 27.7. The molecule has 0 aliphatic carbocycles. The van der Waals surface area contributed by atoms with Gasteiger partial charge in [0.05, 0.1) is 27.4 Å². The summed E-state index contributed by atoms with van der Waals surface area (Å²) in [5, 5.41) is 78.4. The summed E-state index contributed by atoms with van der Waals surface area (Å²) in [5.41, 5.74) is 0. The Kier molecular flexibility index (Phi) is 95.5. The number of carbonyl (C=O) groups is 13. The summed E-state index contributed by atoms with van der Waals surface area (Å²) in [4.78, 5) is 164. The van der Waals surface area contributed by atoms with Crippen molar-refractivity contribution in [1.82, 2.24) is 47.9 Å². The Morgan fingerprint density at radius 2 is 0.417 bits per heavy atom. The van der Waals surface area contributed by atoms with Crippen molar-refractivity contribution in [3.63, 3.8) is 0 Å². The van der Waals surface area contributed by atoms with Gasteiger partial charge in [-0.3, -0.25) is 79.8 Å². The number of aliphatic hydroxyl groups excluding tert-OH is 4. The topological polar surface area (TPSA) is 468 Å². The second-order valence-corrected chi connectivity index (χ2v) is 43.9. The van der Waals surface area contributed by atoms with Gasteiger partial charge in [-0.05, 0) is 251 Å². The van der Waals surface area contributed by atoms with Crippen molar-refractivity contribution in [2.75, 3.05) is 84.0 Å². The number of thioether (sulfide) groups is 3. The van der Waals surface area contributed by atoms with Gasteiger partial charge in [0.25, 0.3) is 0 Å². The lowest BCUT2D eigenvalue weighted by Gasteiger charge is -2.17. The van der Waals surface area contributed by atoms with E-state index in [1.54, 1.807) is 0 Å². The number of ketones is 10. The van der Waals surface area contributed by atoms with Crippen LogP contribution in [0.15, 0.2) is 0 Å². The maximum Gasteiger partial charge on any atom is 0.161 e. The van der Waals surface area contributed by atoms with Crippen LogP contribution in [0.2, 0.25) is 0 Å². The first-order chi connectivity index (χ1) is 70.2. The predicted molar refractivity (Wildman–Crippen MR) is 580 cm³/mol. The van der Waals surface area contributed by atoms with Crippen LogP contribution in [0, 0.1) is 0 Å². The minimum absolute atomic E-state index is 0.263. The van der Waals surface area contributed by atoms with Crippen molar-refractivity contribution < 1.29 is 107 Å². The van der Waals surface area contributed by atoms with Crippen molar-refractivity contribution in [3.05, 3.63) is 0 Å². The molecule has 6 aliphatic rings. The van der Waals surface area contributed by atoms with E-state index in [0.717, 1.165) is 320 Å². The van der Waals surface area contributed by atoms with Crippen molar-refractivity contribution >= 4 is 113 Å². The smallest absolute Gasteiger partial charge is 0.161 e. The SMILES string of the molecule is C=O.C=O.C=O.COOCCCCCCC(=O)CCCCCC(=O)CCCCCC(=O)CCCCCC(=O)CCCCCNCCCCC1SCC2NC(O)NC21.COOCCCCCCC(=O)CCCCCC(=O)CCCCCC(=O)CCCCCNCCCCC1SCC2NC(O)NC21.O=C(CCCCCNCCCCC1SCC2NC(O)NC21)CCCCCC(=O)CCCCCC(=O)CCCCCC(O)O. The van der Waals surface area contributed by atoms with Crippen LogP contribution in [0.5, 0.6) is 0 Å². The number of rotatable bonds is 97. The molecule has 6 aliphatic heterocycles. The van der Waals surface area contributed by atoms with Gasteiger partial charge in [-0.15, -0.1) is 0 Å². The third kappa shape index (κ3) is 80.0. The van der Waals surface area contributed by atoms with Gasteiger partial charge < -0.3 is 55.9 Å². The molecule has 6 heterocycles. The molecule has 12 unspecified atom stereocenters. The number of carbonyl (C=O) groups excluding carboxylic acids is 13. The van der Waals surface area contributed by atoms with E-state index in [1.807, 2.05) is 55.7 Å². The van der Waals surface area contributed by atoms with E-state index in [0.29, 0.717) is 252 Å². The molecule has 31 nitrogen and oxygen atoms in total. The first-order valence-corrected chi connectivity index (χ1v) is 59.7. The lowest BCUT2D eigenvalue weighted by Crippen LogP contribution is -2.38. The van der Waals surface area contributed by atoms with E-state index < -0.39 is 25.3 Å². The van der Waals surface area contributed by atoms with Crippen LogP contribution in [-0.2, 0) is 81.9 Å². The number of fused-ring (bicyclic) bond motifs is 3. The van der Waals surface area contributed by atoms with Crippen LogP contribution < -0.4 is 47.9 Å². The predicted octanol–water partition coefficient (Wildman–Crippen LogP) is 17.0. The standard InChI is InChI=1S/C40H73N3O7S.C34H63N3O6S.C33H61N3O6S.3CH2O/c1-49-50-31-19-3-2-8-20-33(44)21-9-4-10-22-34(45)23-11-5-12-24-35(46)25-13-6-14-26-36(47)27-15-7-17-29-41-30-18-16-28-38-39-37(32-51-38)42-40(48)43-39;1-42-43-26-16-3-2-7-17-28(38)18-8-4-9-19-29(39)20-10-5-11-21-30(40)22-12-6-14-24-35-25-15-13-23-32-33-31(27-44-32)36-34(41)37-33;37-26(15-5-1-7-17-27(38)19-9-3-11-22-31(40)41)16-6-2-8-18-28(39)20-10-4-13-23-34-24-14-12-21-30-32-29(25-43-30)35-33(42)36-32;3*1-2/h37-43,48H,2-32H2,1H3;31-37,41H,2-27H2,1H3;29-36,40-42H,1-25H2;3*1H2. The average molecular weight is 2100 g/mol. The van der Waals surface area contributed by atoms with Crippen molar-refractivity contribution in [2.24, 2.45) is 0 Å². The summed E-state index contributed by atoms with van der Waals surface area (Å²) in [6.07, 6.45) is 59.3. The lowest BCUT2D eigenvalue weighted by atomic mass is 10.0. The van der Waals surface area contributed by atoms with Crippen LogP contribution in [0.4, 0.5) is 0 Å². The number of aliphatic hydroxyl groups is 5. The fourth-order valence-corrected chi connectivity index (χ4v) is 24.1. The van der Waals surface area contributed by atoms with E-state index in [1.165, 1.54) is 72.0 Å². The zero-order valence-corrected chi connectivity index (χ0v) is 92.0. The van der Waals surface area contributed by atoms with Crippen LogP contribution in [0.1, 0.15) is 456 Å². The molecule has 0 saturated carbocycles. The van der Waals surface area contributed by atoms with Gasteiger partial charge >= 0.3 is 0 Å². The van der Waals surface area contributed by atoms with Gasteiger partial charge in [-0.25, -0.2) is 19.6 Å². The molecule has 838 valence electrons. The summed E-state index contributed by atoms with van der Waals surface area (Å²) in [7, 11) is 3.02. The molecule has 0 aromatic carbocycles. The molecule has 0 bridgehead atoms. The summed E-state index contributed by atoms with van der Waals surface area (Å²) in [6.45, 7) is 13.4. The fraction of sp³-hybridized carbons (Fsp3) is 0.882. The molecule has 0 amide bonds. The molecule has 6 fully saturated rings. The molecule has 12 atom stereocenters. The van der Waals surface area contributed by atoms with E-state index in [4.69, 9.17) is 34.4 Å². The Hall–Kier alpha value is -3.96. The average Bonchev–Trinajstić information content (AvgIpc) is 1.68. The summed E-state index contributed by atoms with van der Waals surface area (Å²) < 4.78 is 0. The molecule has 6 saturated heterocycles. The maximum atomic E-state index is 12.2. The summed E-state index contributed by atoms with van der Waals surface area (Å²) in [6, 6.07) is 2.44. The molecule has 14 N–H and O–H groups in total. The highest BCUT2D eigenvalue weighted by Crippen LogP contribution is 2.36. The zero-order valence-electron chi connectivity index (χ0n) is 89.5. The highest BCUT2D eigenvalue weighted by molar-refractivity contribution is 8.00. The maximum absolute atomic E-state index is 12.2. The number of Topliss-reactive ketones (excluding diaryl/α,β-unsaturated/α-hetero) is 10. The molecule has 0 radical (unpaired) electrons. The number of unbranched alkanes of at least 4 members (excludes halogenated alkanes) is 31. The van der Waals surface area contributed by atoms with E-state index >= 15 is 0 Å². The number of hydrogen-bond acceptors (Lipinski definition) is 34. The zero-order chi connectivity index (χ0) is 106. The van der Waals surface area contributed by atoms with E-state index in [9.17, 15) is 63.3 Å². The quantitative estimate of drug-likeness (QED) is 0.0116. The molecule has 0 spiro atoms. The second-order valence-electron chi connectivity index (χ2n) is 40.1. The Morgan fingerprint density at radius 3 is 0.604 bits per heavy atom. The van der Waals surface area contributed by atoms with Gasteiger partial charge in [-0.2, -0.15) is 35.3 Å². The Balaban J connectivity index is 0.00000106.